The van der Waals surface area contributed by atoms with Crippen LogP contribution in [0.3, 0.4) is 0 Å². The number of benzene rings is 2. The molecule has 1 fully saturated rings. The molecule has 1 saturated heterocycles. The standard InChI is InChI=1S/C30H31N5O4S/c1-19-8-14-25(34(19)20-9-12-22(38-3)13-10-20)29-28(23-7-5-6-16-31-23)33-30(40)35(29)21-11-15-26(39-4)24(17-21)32-27(36)18-37-2/h5-17,28-29H,18H2,1-4H3,(H,32,36)(H,33,40)/t28-,29-/m1/s1. The Morgan fingerprint density at radius 2 is 1.77 bits per heavy atom. The van der Waals surface area contributed by atoms with E-state index < -0.39 is 0 Å². The van der Waals surface area contributed by atoms with Crippen molar-refractivity contribution < 1.29 is 19.0 Å². The van der Waals surface area contributed by atoms with Gasteiger partial charge in [0.1, 0.15) is 24.1 Å². The van der Waals surface area contributed by atoms with Crippen LogP contribution in [0.25, 0.3) is 5.69 Å². The van der Waals surface area contributed by atoms with E-state index in [9.17, 15) is 4.79 Å². The molecule has 5 rings (SSSR count). The van der Waals surface area contributed by atoms with Crippen LogP contribution in [0.5, 0.6) is 11.5 Å². The lowest BCUT2D eigenvalue weighted by atomic mass is 10.0. The van der Waals surface area contributed by atoms with Gasteiger partial charge in [0.05, 0.1) is 31.6 Å². The van der Waals surface area contributed by atoms with Crippen LogP contribution in [0.4, 0.5) is 11.4 Å². The van der Waals surface area contributed by atoms with Crippen LogP contribution >= 0.6 is 12.2 Å². The zero-order valence-electron chi connectivity index (χ0n) is 22.8. The number of rotatable bonds is 9. The third kappa shape index (κ3) is 5.23. The second kappa shape index (κ2) is 11.8. The number of ether oxygens (including phenoxy) is 3. The molecule has 40 heavy (non-hydrogen) atoms. The molecule has 1 aliphatic heterocycles. The first-order valence-corrected chi connectivity index (χ1v) is 13.2. The number of anilines is 2. The summed E-state index contributed by atoms with van der Waals surface area (Å²) in [6.45, 7) is 2.00. The summed E-state index contributed by atoms with van der Waals surface area (Å²) >= 11 is 5.93. The van der Waals surface area contributed by atoms with Gasteiger partial charge in [-0.2, -0.15) is 0 Å². The summed E-state index contributed by atoms with van der Waals surface area (Å²) in [6.07, 6.45) is 1.78. The van der Waals surface area contributed by atoms with Gasteiger partial charge in [0.2, 0.25) is 5.91 Å². The second-order valence-corrected chi connectivity index (χ2v) is 9.68. The first-order chi connectivity index (χ1) is 19.4. The molecule has 3 heterocycles. The minimum atomic E-state index is -0.285. The van der Waals surface area contributed by atoms with Crippen molar-refractivity contribution in [1.82, 2.24) is 14.9 Å². The zero-order valence-corrected chi connectivity index (χ0v) is 23.6. The van der Waals surface area contributed by atoms with E-state index in [0.29, 0.717) is 16.5 Å². The largest absolute Gasteiger partial charge is 0.497 e. The molecule has 9 nitrogen and oxygen atoms in total. The molecular formula is C30H31N5O4S. The van der Waals surface area contributed by atoms with Gasteiger partial charge < -0.3 is 34.3 Å². The van der Waals surface area contributed by atoms with Gasteiger partial charge in [-0.05, 0) is 85.9 Å². The maximum atomic E-state index is 12.4. The van der Waals surface area contributed by atoms with Gasteiger partial charge in [0.15, 0.2) is 5.11 Å². The third-order valence-electron chi connectivity index (χ3n) is 6.85. The van der Waals surface area contributed by atoms with E-state index in [1.165, 1.54) is 7.11 Å². The highest BCUT2D eigenvalue weighted by Gasteiger charge is 2.42. The molecule has 1 aliphatic rings. The maximum Gasteiger partial charge on any atom is 0.250 e. The Labute approximate surface area is 238 Å². The minimum absolute atomic E-state index is 0.0733. The first-order valence-electron chi connectivity index (χ1n) is 12.7. The Morgan fingerprint density at radius 1 is 1.00 bits per heavy atom. The Hall–Kier alpha value is -4.41. The number of thiocarbonyl (C=S) groups is 1. The van der Waals surface area contributed by atoms with Crippen LogP contribution in [0, 0.1) is 6.92 Å². The second-order valence-electron chi connectivity index (χ2n) is 9.30. The van der Waals surface area contributed by atoms with E-state index >= 15 is 0 Å². The first kappa shape index (κ1) is 27.2. The Bertz CT molecular complexity index is 1510. The van der Waals surface area contributed by atoms with E-state index in [1.54, 1.807) is 20.4 Å². The van der Waals surface area contributed by atoms with Crippen LogP contribution in [0.15, 0.2) is 79.0 Å². The van der Waals surface area contributed by atoms with Crippen molar-refractivity contribution in [1.29, 1.82) is 0 Å². The van der Waals surface area contributed by atoms with Gasteiger partial charge in [-0.25, -0.2) is 0 Å². The number of nitrogens with zero attached hydrogens (tertiary/aromatic N) is 3. The lowest BCUT2D eigenvalue weighted by Gasteiger charge is -2.30. The molecule has 2 N–H and O–H groups in total. The van der Waals surface area contributed by atoms with E-state index in [2.05, 4.69) is 44.1 Å². The number of carbonyl (C=O) groups is 1. The fourth-order valence-electron chi connectivity index (χ4n) is 5.07. The maximum absolute atomic E-state index is 12.4. The molecule has 4 aromatic rings. The minimum Gasteiger partial charge on any atom is -0.497 e. The Kier molecular flexibility index (Phi) is 7.99. The SMILES string of the molecule is COCC(=O)Nc1cc(N2C(=S)N[C@H](c3ccccn3)[C@H]2c2ccc(C)n2-c2ccc(OC)cc2)ccc1OC. The predicted molar refractivity (Wildman–Crippen MR) is 158 cm³/mol. The van der Waals surface area contributed by atoms with Gasteiger partial charge in [-0.3, -0.25) is 9.78 Å². The monoisotopic (exact) mass is 557 g/mol. The molecule has 2 atom stereocenters. The summed E-state index contributed by atoms with van der Waals surface area (Å²) in [7, 11) is 4.69. The van der Waals surface area contributed by atoms with Crippen molar-refractivity contribution in [2.45, 2.75) is 19.0 Å². The zero-order chi connectivity index (χ0) is 28.2. The number of aromatic nitrogens is 2. The summed E-state index contributed by atoms with van der Waals surface area (Å²) in [5.41, 5.74) is 5.25. The predicted octanol–water partition coefficient (Wildman–Crippen LogP) is 4.96. The van der Waals surface area contributed by atoms with Crippen LogP contribution in [-0.2, 0) is 9.53 Å². The highest BCUT2D eigenvalue weighted by molar-refractivity contribution is 7.80. The van der Waals surface area contributed by atoms with E-state index in [1.807, 2.05) is 60.7 Å². The van der Waals surface area contributed by atoms with Crippen molar-refractivity contribution in [3.8, 4) is 17.2 Å². The normalized spacial score (nSPS) is 16.5. The number of nitrogens with one attached hydrogen (secondary N) is 2. The average molecular weight is 558 g/mol. The van der Waals surface area contributed by atoms with E-state index in [-0.39, 0.29) is 24.6 Å². The molecule has 10 heteroatoms. The number of amides is 1. The molecule has 1 amide bonds. The third-order valence-corrected chi connectivity index (χ3v) is 7.16. The van der Waals surface area contributed by atoms with Crippen molar-refractivity contribution in [3.63, 3.8) is 0 Å². The van der Waals surface area contributed by atoms with Crippen molar-refractivity contribution in [3.05, 3.63) is 96.1 Å². The van der Waals surface area contributed by atoms with Crippen LogP contribution < -0.4 is 25.0 Å². The summed E-state index contributed by atoms with van der Waals surface area (Å²) in [6, 6.07) is 23.1. The quantitative estimate of drug-likeness (QED) is 0.279. The summed E-state index contributed by atoms with van der Waals surface area (Å²) in [4.78, 5) is 19.1. The summed E-state index contributed by atoms with van der Waals surface area (Å²) in [5, 5.41) is 6.93. The van der Waals surface area contributed by atoms with Crippen molar-refractivity contribution >= 4 is 34.6 Å². The molecule has 2 aromatic heterocycles. The average Bonchev–Trinajstić information content (AvgIpc) is 3.52. The summed E-state index contributed by atoms with van der Waals surface area (Å²) < 4.78 is 18.1. The van der Waals surface area contributed by atoms with Gasteiger partial charge >= 0.3 is 0 Å². The smallest absolute Gasteiger partial charge is 0.250 e. The molecular weight excluding hydrogens is 526 g/mol. The lowest BCUT2D eigenvalue weighted by molar-refractivity contribution is -0.119. The number of hydrogen-bond acceptors (Lipinski definition) is 6. The van der Waals surface area contributed by atoms with Gasteiger partial charge in [0, 0.05) is 36.1 Å². The van der Waals surface area contributed by atoms with Crippen molar-refractivity contribution in [2.24, 2.45) is 0 Å². The molecule has 0 spiro atoms. The molecule has 0 saturated carbocycles. The lowest BCUT2D eigenvalue weighted by Crippen LogP contribution is -2.30. The molecule has 0 aliphatic carbocycles. The van der Waals surface area contributed by atoms with Gasteiger partial charge in [-0.1, -0.05) is 6.07 Å². The van der Waals surface area contributed by atoms with Crippen LogP contribution in [-0.4, -0.2) is 48.5 Å². The van der Waals surface area contributed by atoms with Crippen LogP contribution in [0.2, 0.25) is 0 Å². The van der Waals surface area contributed by atoms with Crippen LogP contribution in [0.1, 0.15) is 29.2 Å². The molecule has 0 unspecified atom stereocenters. The Morgan fingerprint density at radius 3 is 2.45 bits per heavy atom. The Balaban J connectivity index is 1.65. The highest BCUT2D eigenvalue weighted by atomic mass is 32.1. The number of aryl methyl sites for hydroxylation is 1. The topological polar surface area (TPSA) is 89.9 Å². The van der Waals surface area contributed by atoms with Crippen molar-refractivity contribution in [2.75, 3.05) is 38.2 Å². The summed E-state index contributed by atoms with van der Waals surface area (Å²) in [5.74, 6) is 1.03. The van der Waals surface area contributed by atoms with E-state index in [0.717, 1.165) is 34.2 Å². The van der Waals surface area contributed by atoms with Gasteiger partial charge in [-0.15, -0.1) is 0 Å². The number of carbonyl (C=O) groups excluding carboxylic acids is 1. The number of methoxy groups -OCH3 is 3. The molecule has 0 radical (unpaired) electrons. The fourth-order valence-corrected chi connectivity index (χ4v) is 5.41. The van der Waals surface area contributed by atoms with Gasteiger partial charge in [0.25, 0.3) is 0 Å². The molecule has 2 aromatic carbocycles. The number of hydrogen-bond donors (Lipinski definition) is 2. The van der Waals surface area contributed by atoms with E-state index in [4.69, 9.17) is 26.4 Å². The fraction of sp³-hybridized carbons (Fsp3) is 0.233. The number of pyridine rings is 1. The molecule has 0 bridgehead atoms. The highest BCUT2D eigenvalue weighted by Crippen LogP contribution is 2.44. The molecule has 206 valence electrons.